The van der Waals surface area contributed by atoms with Crippen molar-refractivity contribution in [1.82, 2.24) is 4.31 Å². The Kier molecular flexibility index (Phi) is 3.74. The highest BCUT2D eigenvalue weighted by molar-refractivity contribution is 7.89. The van der Waals surface area contributed by atoms with Crippen LogP contribution in [0.1, 0.15) is 11.1 Å². The number of fused-ring (bicyclic) bond motifs is 1. The van der Waals surface area contributed by atoms with Gasteiger partial charge in [-0.1, -0.05) is 48.0 Å². The highest BCUT2D eigenvalue weighted by Crippen LogP contribution is 2.58. The van der Waals surface area contributed by atoms with Crippen LogP contribution in [0.5, 0.6) is 0 Å². The van der Waals surface area contributed by atoms with Crippen LogP contribution in [0.25, 0.3) is 0 Å². The molecule has 2 aliphatic heterocycles. The molecule has 0 radical (unpaired) electrons. The van der Waals surface area contributed by atoms with Crippen LogP contribution < -0.4 is 0 Å². The average Bonchev–Trinajstić information content (AvgIpc) is 3.19. The fourth-order valence-corrected chi connectivity index (χ4v) is 5.22. The molecule has 2 aromatic rings. The van der Waals surface area contributed by atoms with E-state index in [4.69, 9.17) is 4.74 Å². The predicted octanol–water partition coefficient (Wildman–Crippen LogP) is 3.22. The lowest BCUT2D eigenvalue weighted by Crippen LogP contribution is -2.48. The first-order valence-corrected chi connectivity index (χ1v) is 9.49. The summed E-state index contributed by atoms with van der Waals surface area (Å²) in [6.45, 7) is 1.42. The van der Waals surface area contributed by atoms with Crippen LogP contribution in [-0.4, -0.2) is 37.6 Å². The van der Waals surface area contributed by atoms with Gasteiger partial charge >= 0.3 is 6.18 Å². The lowest BCUT2D eigenvalue weighted by molar-refractivity contribution is -0.174. The first-order valence-electron chi connectivity index (χ1n) is 8.05. The number of rotatable bonds is 3. The van der Waals surface area contributed by atoms with Gasteiger partial charge in [-0.15, -0.1) is 0 Å². The van der Waals surface area contributed by atoms with Gasteiger partial charge < -0.3 is 4.74 Å². The van der Waals surface area contributed by atoms with Crippen molar-refractivity contribution in [2.75, 3.05) is 6.54 Å². The highest BCUT2D eigenvalue weighted by Gasteiger charge is 2.76. The van der Waals surface area contributed by atoms with Crippen molar-refractivity contribution in [3.63, 3.8) is 0 Å². The molecular weight excluding hydrogens is 367 g/mol. The molecule has 2 saturated heterocycles. The maximum absolute atomic E-state index is 13.7. The molecule has 0 spiro atoms. The van der Waals surface area contributed by atoms with Gasteiger partial charge in [0.25, 0.3) is 0 Å². The van der Waals surface area contributed by atoms with E-state index >= 15 is 0 Å². The van der Waals surface area contributed by atoms with Gasteiger partial charge in [-0.3, -0.25) is 0 Å². The SMILES string of the molecule is Cc1ccc(S(=O)(=O)N2C[C@]3(c4ccccc4)O[C@@H]3[C@@H]2C(F)(F)F)cc1. The van der Waals surface area contributed by atoms with Gasteiger partial charge in [0.15, 0.2) is 6.04 Å². The Balaban J connectivity index is 1.77. The summed E-state index contributed by atoms with van der Waals surface area (Å²) >= 11 is 0. The summed E-state index contributed by atoms with van der Waals surface area (Å²) in [7, 11) is -4.30. The number of aryl methyl sites for hydroxylation is 1. The van der Waals surface area contributed by atoms with E-state index in [0.717, 1.165) is 5.56 Å². The molecule has 0 N–H and O–H groups in total. The number of hydrogen-bond acceptors (Lipinski definition) is 3. The zero-order valence-corrected chi connectivity index (χ0v) is 14.6. The van der Waals surface area contributed by atoms with E-state index in [1.165, 1.54) is 12.1 Å². The van der Waals surface area contributed by atoms with E-state index in [1.807, 2.05) is 0 Å². The van der Waals surface area contributed by atoms with Gasteiger partial charge in [-0.05, 0) is 24.6 Å². The maximum atomic E-state index is 13.7. The molecule has 0 bridgehead atoms. The third-order valence-corrected chi connectivity index (χ3v) is 6.79. The molecule has 0 saturated carbocycles. The Morgan fingerprint density at radius 1 is 1.08 bits per heavy atom. The molecule has 26 heavy (non-hydrogen) atoms. The number of nitrogens with zero attached hydrogens (tertiary/aromatic N) is 1. The van der Waals surface area contributed by atoms with Crippen LogP contribution in [0, 0.1) is 6.92 Å². The van der Waals surface area contributed by atoms with E-state index < -0.39 is 33.9 Å². The van der Waals surface area contributed by atoms with Gasteiger partial charge in [-0.2, -0.15) is 17.5 Å². The fraction of sp³-hybridized carbons (Fsp3) is 0.333. The maximum Gasteiger partial charge on any atom is 0.407 e. The largest absolute Gasteiger partial charge is 0.407 e. The standard InChI is InChI=1S/C18H16F3NO3S/c1-12-7-9-14(10-8-12)26(23,24)22-11-17(13-5-3-2-4-6-13)16(25-17)15(22)18(19,20)21/h2-10,15-16H,11H2,1H3/t15-,16-,17-/m1/s1. The number of hydrogen-bond donors (Lipinski definition) is 0. The molecule has 4 rings (SSSR count). The van der Waals surface area contributed by atoms with Crippen LogP contribution in [0.15, 0.2) is 59.5 Å². The van der Waals surface area contributed by atoms with Crippen molar-refractivity contribution in [3.8, 4) is 0 Å². The molecule has 0 aliphatic carbocycles. The van der Waals surface area contributed by atoms with Crippen molar-refractivity contribution in [2.45, 2.75) is 35.7 Å². The molecule has 2 fully saturated rings. The number of morpholine rings is 1. The van der Waals surface area contributed by atoms with E-state index in [1.54, 1.807) is 49.4 Å². The smallest absolute Gasteiger partial charge is 0.357 e. The summed E-state index contributed by atoms with van der Waals surface area (Å²) in [6, 6.07) is 12.1. The quantitative estimate of drug-likeness (QED) is 0.765. The Hall–Kier alpha value is -1.90. The van der Waals surface area contributed by atoms with Crippen LogP contribution in [-0.2, 0) is 20.4 Å². The summed E-state index contributed by atoms with van der Waals surface area (Å²) in [5.74, 6) is 0. The Bertz CT molecular complexity index is 928. The molecule has 2 aliphatic rings. The second-order valence-corrected chi connectivity index (χ2v) is 8.53. The zero-order chi connectivity index (χ0) is 18.7. The lowest BCUT2D eigenvalue weighted by atomic mass is 9.96. The summed E-state index contributed by atoms with van der Waals surface area (Å²) in [6.07, 6.45) is -5.96. The molecule has 8 heteroatoms. The van der Waals surface area contributed by atoms with Crippen molar-refractivity contribution in [1.29, 1.82) is 0 Å². The minimum atomic E-state index is -4.73. The number of sulfonamides is 1. The Morgan fingerprint density at radius 3 is 2.27 bits per heavy atom. The van der Waals surface area contributed by atoms with Gasteiger partial charge in [0.2, 0.25) is 10.0 Å². The first kappa shape index (κ1) is 17.5. The van der Waals surface area contributed by atoms with Gasteiger partial charge in [-0.25, -0.2) is 8.42 Å². The number of ether oxygens (including phenoxy) is 1. The predicted molar refractivity (Wildman–Crippen MR) is 87.9 cm³/mol. The van der Waals surface area contributed by atoms with E-state index in [2.05, 4.69) is 0 Å². The second-order valence-electron chi connectivity index (χ2n) is 6.64. The molecule has 0 unspecified atom stereocenters. The number of epoxide rings is 1. The van der Waals surface area contributed by atoms with Crippen molar-refractivity contribution in [3.05, 3.63) is 65.7 Å². The summed E-state index contributed by atoms with van der Waals surface area (Å²) in [4.78, 5) is -0.151. The lowest BCUT2D eigenvalue weighted by Gasteiger charge is -2.28. The number of benzene rings is 2. The molecule has 138 valence electrons. The van der Waals surface area contributed by atoms with Gasteiger partial charge in [0, 0.05) is 0 Å². The Labute approximate surface area is 149 Å². The van der Waals surface area contributed by atoms with E-state index in [0.29, 0.717) is 9.87 Å². The van der Waals surface area contributed by atoms with Gasteiger partial charge in [0.05, 0.1) is 11.4 Å². The molecule has 3 atom stereocenters. The molecular formula is C18H16F3NO3S. The highest BCUT2D eigenvalue weighted by atomic mass is 32.2. The number of alkyl halides is 3. The monoisotopic (exact) mass is 383 g/mol. The normalized spacial score (nSPS) is 28.8. The third kappa shape index (κ3) is 2.55. The molecule has 2 heterocycles. The summed E-state index contributed by atoms with van der Waals surface area (Å²) in [5, 5.41) is 0. The molecule has 2 aromatic carbocycles. The topological polar surface area (TPSA) is 49.9 Å². The fourth-order valence-electron chi connectivity index (χ4n) is 3.58. The van der Waals surface area contributed by atoms with Crippen LogP contribution in [0.3, 0.4) is 0 Å². The first-order chi connectivity index (χ1) is 12.2. The minimum Gasteiger partial charge on any atom is -0.357 e. The zero-order valence-electron chi connectivity index (χ0n) is 13.8. The van der Waals surface area contributed by atoms with E-state index in [-0.39, 0.29) is 11.4 Å². The van der Waals surface area contributed by atoms with Crippen molar-refractivity contribution < 1.29 is 26.3 Å². The third-order valence-electron chi connectivity index (χ3n) is 4.95. The second kappa shape index (κ2) is 5.55. The van der Waals surface area contributed by atoms with Crippen LogP contribution in [0.2, 0.25) is 0 Å². The van der Waals surface area contributed by atoms with Crippen LogP contribution in [0.4, 0.5) is 13.2 Å². The summed E-state index contributed by atoms with van der Waals surface area (Å²) in [5.41, 5.74) is 0.143. The van der Waals surface area contributed by atoms with Gasteiger partial charge in [0.1, 0.15) is 11.7 Å². The van der Waals surface area contributed by atoms with E-state index in [9.17, 15) is 21.6 Å². The molecule has 4 nitrogen and oxygen atoms in total. The van der Waals surface area contributed by atoms with Crippen molar-refractivity contribution >= 4 is 10.0 Å². The molecule has 0 aromatic heterocycles. The minimum absolute atomic E-state index is 0.151. The average molecular weight is 383 g/mol. The molecule has 0 amide bonds. The Morgan fingerprint density at radius 2 is 1.69 bits per heavy atom. The van der Waals surface area contributed by atoms with Crippen molar-refractivity contribution in [2.24, 2.45) is 0 Å². The van der Waals surface area contributed by atoms with Crippen LogP contribution >= 0.6 is 0 Å². The number of halogens is 3. The summed E-state index contributed by atoms with van der Waals surface area (Å²) < 4.78 is 72.9.